The molecule has 0 aliphatic heterocycles. The van der Waals surface area contributed by atoms with Crippen molar-refractivity contribution in [1.29, 1.82) is 0 Å². The highest BCUT2D eigenvalue weighted by molar-refractivity contribution is 4.98. The highest BCUT2D eigenvalue weighted by Crippen LogP contribution is 1.94. The highest BCUT2D eigenvalue weighted by Gasteiger charge is 1.92. The van der Waals surface area contributed by atoms with Crippen molar-refractivity contribution in [3.8, 4) is 0 Å². The number of aryl methyl sites for hydroxylation is 1. The zero-order valence-electron chi connectivity index (χ0n) is 6.66. The van der Waals surface area contributed by atoms with Crippen LogP contribution in [0.4, 0.5) is 0 Å². The van der Waals surface area contributed by atoms with Crippen LogP contribution in [0.3, 0.4) is 0 Å². The van der Waals surface area contributed by atoms with E-state index in [2.05, 4.69) is 15.4 Å². The Morgan fingerprint density at radius 2 is 2.27 bits per heavy atom. The molecule has 0 spiro atoms. The minimum absolute atomic E-state index is 0.448. The van der Waals surface area contributed by atoms with Crippen LogP contribution in [0.25, 0.3) is 0 Å². The molecule has 0 radical (unpaired) electrons. The van der Waals surface area contributed by atoms with Crippen LogP contribution in [0.15, 0.2) is 12.4 Å². The fourth-order valence-electron chi connectivity index (χ4n) is 0.640. The largest absolute Gasteiger partial charge is 0.296 e. The lowest BCUT2D eigenvalue weighted by Gasteiger charge is -1.99. The topological polar surface area (TPSA) is 47.0 Å². The van der Waals surface area contributed by atoms with E-state index in [-0.39, 0.29) is 0 Å². The summed E-state index contributed by atoms with van der Waals surface area (Å²) in [7, 11) is 1.71. The summed E-state index contributed by atoms with van der Waals surface area (Å²) < 4.78 is 0. The van der Waals surface area contributed by atoms with Gasteiger partial charge in [-0.1, -0.05) is 0 Å². The van der Waals surface area contributed by atoms with Crippen LogP contribution in [-0.4, -0.2) is 17.0 Å². The lowest BCUT2D eigenvalue weighted by Crippen LogP contribution is -2.08. The first-order valence-corrected chi connectivity index (χ1v) is 3.39. The summed E-state index contributed by atoms with van der Waals surface area (Å²) in [6.07, 6.45) is 3.42. The molecule has 11 heavy (non-hydrogen) atoms. The van der Waals surface area contributed by atoms with Crippen molar-refractivity contribution >= 4 is 0 Å². The van der Waals surface area contributed by atoms with Gasteiger partial charge in [0, 0.05) is 13.2 Å². The molecule has 0 bridgehead atoms. The molecule has 0 aliphatic rings. The standard InChI is InChI=1S/C7H11N3O/c1-6-3-10-7(4-9-6)5-11-8-2/h3-4,8H,5H2,1-2H3. The monoisotopic (exact) mass is 153 g/mol. The Morgan fingerprint density at radius 3 is 2.82 bits per heavy atom. The van der Waals surface area contributed by atoms with Gasteiger partial charge in [-0.05, 0) is 6.92 Å². The molecule has 1 rings (SSSR count). The average molecular weight is 153 g/mol. The van der Waals surface area contributed by atoms with Gasteiger partial charge in [-0.3, -0.25) is 14.8 Å². The molecule has 4 nitrogen and oxygen atoms in total. The van der Waals surface area contributed by atoms with E-state index in [0.29, 0.717) is 6.61 Å². The molecule has 1 aromatic rings. The van der Waals surface area contributed by atoms with Crippen molar-refractivity contribution in [3.05, 3.63) is 23.8 Å². The van der Waals surface area contributed by atoms with Crippen LogP contribution in [-0.2, 0) is 11.4 Å². The molecule has 1 aromatic heterocycles. The lowest BCUT2D eigenvalue weighted by atomic mass is 10.4. The van der Waals surface area contributed by atoms with Crippen molar-refractivity contribution in [2.45, 2.75) is 13.5 Å². The highest BCUT2D eigenvalue weighted by atomic mass is 16.6. The molecule has 0 saturated heterocycles. The number of hydroxylamine groups is 1. The number of rotatable bonds is 3. The van der Waals surface area contributed by atoms with E-state index >= 15 is 0 Å². The van der Waals surface area contributed by atoms with E-state index in [1.165, 1.54) is 0 Å². The lowest BCUT2D eigenvalue weighted by molar-refractivity contribution is 0.0422. The third-order valence-corrected chi connectivity index (χ3v) is 1.20. The second-order valence-electron chi connectivity index (χ2n) is 2.14. The predicted octanol–water partition coefficient (Wildman–Crippen LogP) is 0.436. The SMILES string of the molecule is CNOCc1cnc(C)cn1. The van der Waals surface area contributed by atoms with Gasteiger partial charge in [0.05, 0.1) is 17.6 Å². The van der Waals surface area contributed by atoms with E-state index in [1.807, 2.05) is 6.92 Å². The van der Waals surface area contributed by atoms with E-state index in [9.17, 15) is 0 Å². The second-order valence-corrected chi connectivity index (χ2v) is 2.14. The molecule has 1 heterocycles. The summed E-state index contributed by atoms with van der Waals surface area (Å²) in [6.45, 7) is 2.35. The third-order valence-electron chi connectivity index (χ3n) is 1.20. The van der Waals surface area contributed by atoms with Crippen LogP contribution in [0.5, 0.6) is 0 Å². The van der Waals surface area contributed by atoms with Gasteiger partial charge in [0.1, 0.15) is 6.61 Å². The van der Waals surface area contributed by atoms with Crippen molar-refractivity contribution < 1.29 is 4.84 Å². The molecule has 0 saturated carbocycles. The molecular formula is C7H11N3O. The third kappa shape index (κ3) is 2.61. The molecule has 0 fully saturated rings. The van der Waals surface area contributed by atoms with Crippen LogP contribution >= 0.6 is 0 Å². The molecule has 0 amide bonds. The Morgan fingerprint density at radius 1 is 1.45 bits per heavy atom. The van der Waals surface area contributed by atoms with E-state index in [4.69, 9.17) is 4.84 Å². The average Bonchev–Trinajstić information content (AvgIpc) is 2.04. The van der Waals surface area contributed by atoms with Crippen molar-refractivity contribution in [2.75, 3.05) is 7.05 Å². The summed E-state index contributed by atoms with van der Waals surface area (Å²) >= 11 is 0. The summed E-state index contributed by atoms with van der Waals surface area (Å²) in [6, 6.07) is 0. The van der Waals surface area contributed by atoms with E-state index in [0.717, 1.165) is 11.4 Å². The normalized spacial score (nSPS) is 10.0. The molecule has 0 aliphatic carbocycles. The number of hydrogen-bond acceptors (Lipinski definition) is 4. The first-order chi connectivity index (χ1) is 5.33. The molecule has 0 aromatic carbocycles. The van der Waals surface area contributed by atoms with Gasteiger partial charge in [0.2, 0.25) is 0 Å². The van der Waals surface area contributed by atoms with Gasteiger partial charge in [-0.15, -0.1) is 0 Å². The van der Waals surface area contributed by atoms with Crippen LogP contribution in [0.2, 0.25) is 0 Å². The zero-order chi connectivity index (χ0) is 8.10. The number of nitrogens with zero attached hydrogens (tertiary/aromatic N) is 2. The first kappa shape index (κ1) is 8.10. The van der Waals surface area contributed by atoms with E-state index in [1.54, 1.807) is 19.4 Å². The molecule has 1 N–H and O–H groups in total. The number of aromatic nitrogens is 2. The summed E-state index contributed by atoms with van der Waals surface area (Å²) in [5, 5.41) is 0. The Hall–Kier alpha value is -1.00. The fraction of sp³-hybridized carbons (Fsp3) is 0.429. The van der Waals surface area contributed by atoms with Gasteiger partial charge in [0.15, 0.2) is 0 Å². The van der Waals surface area contributed by atoms with Gasteiger partial charge in [0.25, 0.3) is 0 Å². The minimum atomic E-state index is 0.448. The molecule has 0 atom stereocenters. The molecular weight excluding hydrogens is 142 g/mol. The van der Waals surface area contributed by atoms with E-state index < -0.39 is 0 Å². The first-order valence-electron chi connectivity index (χ1n) is 3.39. The van der Waals surface area contributed by atoms with Gasteiger partial charge < -0.3 is 0 Å². The molecule has 4 heteroatoms. The maximum absolute atomic E-state index is 4.91. The van der Waals surface area contributed by atoms with Crippen LogP contribution in [0.1, 0.15) is 11.4 Å². The van der Waals surface area contributed by atoms with Crippen LogP contribution in [0, 0.1) is 6.92 Å². The Labute approximate surface area is 65.6 Å². The van der Waals surface area contributed by atoms with Crippen molar-refractivity contribution in [2.24, 2.45) is 0 Å². The minimum Gasteiger partial charge on any atom is -0.296 e. The Balaban J connectivity index is 2.52. The van der Waals surface area contributed by atoms with Crippen molar-refractivity contribution in [3.63, 3.8) is 0 Å². The van der Waals surface area contributed by atoms with Crippen molar-refractivity contribution in [1.82, 2.24) is 15.4 Å². The summed E-state index contributed by atoms with van der Waals surface area (Å²) in [4.78, 5) is 13.1. The predicted molar refractivity (Wildman–Crippen MR) is 40.6 cm³/mol. The fourth-order valence-corrected chi connectivity index (χ4v) is 0.640. The van der Waals surface area contributed by atoms with Gasteiger partial charge in [-0.2, -0.15) is 0 Å². The smallest absolute Gasteiger partial charge is 0.112 e. The molecule has 60 valence electrons. The number of nitrogens with one attached hydrogen (secondary N) is 1. The zero-order valence-corrected chi connectivity index (χ0v) is 6.66. The van der Waals surface area contributed by atoms with Gasteiger partial charge in [-0.25, -0.2) is 5.48 Å². The quantitative estimate of drug-likeness (QED) is 0.640. The number of hydrogen-bond donors (Lipinski definition) is 1. The van der Waals surface area contributed by atoms with Gasteiger partial charge >= 0.3 is 0 Å². The summed E-state index contributed by atoms with van der Waals surface area (Å²) in [5.41, 5.74) is 4.30. The Kier molecular flexibility index (Phi) is 2.95. The maximum Gasteiger partial charge on any atom is 0.112 e. The van der Waals surface area contributed by atoms with Crippen LogP contribution < -0.4 is 5.48 Å². The maximum atomic E-state index is 4.91. The molecule has 0 unspecified atom stereocenters. The summed E-state index contributed by atoms with van der Waals surface area (Å²) in [5.74, 6) is 0. The Bertz CT molecular complexity index is 209. The second kappa shape index (κ2) is 4.00.